The maximum absolute atomic E-state index is 12.8. The van der Waals surface area contributed by atoms with Crippen molar-refractivity contribution in [1.82, 2.24) is 9.55 Å². The van der Waals surface area contributed by atoms with Crippen LogP contribution in [-0.2, 0) is 13.0 Å². The largest absolute Gasteiger partial charge is 0.292 e. The third kappa shape index (κ3) is 3.09. The summed E-state index contributed by atoms with van der Waals surface area (Å²) in [5.41, 5.74) is 0.464. The second kappa shape index (κ2) is 6.68. The van der Waals surface area contributed by atoms with Gasteiger partial charge in [0.2, 0.25) is 0 Å². The standard InChI is InChI=1S/C17H16N2O2S2/c1-3-12-9-13-15(23-12)18-17(22-2)19(16(13)21)10-14(20)11-7-5-4-6-8-11/h4-9H,3,10H2,1-2H3. The molecule has 3 aromatic rings. The van der Waals surface area contributed by atoms with Crippen LogP contribution in [0.4, 0.5) is 0 Å². The molecule has 0 saturated carbocycles. The lowest BCUT2D eigenvalue weighted by molar-refractivity contribution is 0.0967. The molecule has 0 N–H and O–H groups in total. The number of aryl methyl sites for hydroxylation is 1. The minimum atomic E-state index is -0.139. The first kappa shape index (κ1) is 16.0. The van der Waals surface area contributed by atoms with Gasteiger partial charge in [-0.15, -0.1) is 11.3 Å². The summed E-state index contributed by atoms with van der Waals surface area (Å²) in [7, 11) is 0. The van der Waals surface area contributed by atoms with Crippen molar-refractivity contribution in [2.24, 2.45) is 0 Å². The van der Waals surface area contributed by atoms with Crippen molar-refractivity contribution < 1.29 is 4.79 Å². The first-order valence-corrected chi connectivity index (χ1v) is 9.33. The van der Waals surface area contributed by atoms with Crippen molar-refractivity contribution >= 4 is 39.1 Å². The molecular weight excluding hydrogens is 328 g/mol. The molecule has 3 rings (SSSR count). The van der Waals surface area contributed by atoms with Gasteiger partial charge in [0.15, 0.2) is 10.9 Å². The third-order valence-corrected chi connectivity index (χ3v) is 5.45. The van der Waals surface area contributed by atoms with Crippen LogP contribution >= 0.6 is 23.1 Å². The van der Waals surface area contributed by atoms with Gasteiger partial charge in [0.25, 0.3) is 5.56 Å². The molecule has 4 nitrogen and oxygen atoms in total. The van der Waals surface area contributed by atoms with Crippen molar-refractivity contribution in [1.29, 1.82) is 0 Å². The van der Waals surface area contributed by atoms with Gasteiger partial charge in [-0.1, -0.05) is 49.0 Å². The number of rotatable bonds is 5. The van der Waals surface area contributed by atoms with E-state index in [2.05, 4.69) is 11.9 Å². The molecule has 0 amide bonds. The van der Waals surface area contributed by atoms with Crippen LogP contribution in [0, 0.1) is 0 Å². The van der Waals surface area contributed by atoms with Crippen molar-refractivity contribution in [2.75, 3.05) is 6.26 Å². The van der Waals surface area contributed by atoms with Gasteiger partial charge in [-0.25, -0.2) is 4.98 Å². The van der Waals surface area contributed by atoms with Crippen LogP contribution in [-0.4, -0.2) is 21.6 Å². The zero-order valence-corrected chi connectivity index (χ0v) is 14.5. The molecule has 2 heterocycles. The van der Waals surface area contributed by atoms with E-state index in [9.17, 15) is 9.59 Å². The second-order valence-corrected chi connectivity index (χ2v) is 6.95. The first-order chi connectivity index (χ1) is 11.1. The van der Waals surface area contributed by atoms with Crippen molar-refractivity contribution in [3.63, 3.8) is 0 Å². The molecule has 0 saturated heterocycles. The fourth-order valence-corrected chi connectivity index (χ4v) is 3.94. The minimum absolute atomic E-state index is 0.0132. The zero-order valence-electron chi connectivity index (χ0n) is 12.9. The van der Waals surface area contributed by atoms with Crippen LogP contribution in [0.3, 0.4) is 0 Å². The average Bonchev–Trinajstić information content (AvgIpc) is 3.01. The Balaban J connectivity index is 2.07. The molecule has 0 aliphatic rings. The van der Waals surface area contributed by atoms with E-state index in [1.165, 1.54) is 16.3 Å². The average molecular weight is 344 g/mol. The number of ketones is 1. The van der Waals surface area contributed by atoms with E-state index in [1.54, 1.807) is 23.5 Å². The maximum atomic E-state index is 12.8. The summed E-state index contributed by atoms with van der Waals surface area (Å²) < 4.78 is 1.48. The Hall–Kier alpha value is -1.92. The second-order valence-electron chi connectivity index (χ2n) is 5.06. The molecule has 0 radical (unpaired) electrons. The van der Waals surface area contributed by atoms with Gasteiger partial charge < -0.3 is 0 Å². The normalized spacial score (nSPS) is 11.0. The van der Waals surface area contributed by atoms with Gasteiger partial charge in [-0.3, -0.25) is 14.2 Å². The molecule has 0 fully saturated rings. The lowest BCUT2D eigenvalue weighted by Crippen LogP contribution is -2.26. The van der Waals surface area contributed by atoms with Gasteiger partial charge in [0.05, 0.1) is 11.9 Å². The highest BCUT2D eigenvalue weighted by Crippen LogP contribution is 2.24. The van der Waals surface area contributed by atoms with Gasteiger partial charge >= 0.3 is 0 Å². The van der Waals surface area contributed by atoms with Crippen LogP contribution in [0.5, 0.6) is 0 Å². The molecule has 0 aliphatic heterocycles. The summed E-state index contributed by atoms with van der Waals surface area (Å²) in [6.07, 6.45) is 2.74. The van der Waals surface area contributed by atoms with Gasteiger partial charge in [-0.2, -0.15) is 0 Å². The van der Waals surface area contributed by atoms with Crippen LogP contribution in [0.2, 0.25) is 0 Å². The minimum Gasteiger partial charge on any atom is -0.292 e. The highest BCUT2D eigenvalue weighted by atomic mass is 32.2. The molecule has 2 aromatic heterocycles. The highest BCUT2D eigenvalue weighted by Gasteiger charge is 2.16. The van der Waals surface area contributed by atoms with E-state index in [1.807, 2.05) is 30.5 Å². The molecule has 118 valence electrons. The van der Waals surface area contributed by atoms with E-state index in [0.717, 1.165) is 16.1 Å². The van der Waals surface area contributed by atoms with Crippen LogP contribution < -0.4 is 5.56 Å². The van der Waals surface area contributed by atoms with Gasteiger partial charge in [0, 0.05) is 10.4 Å². The first-order valence-electron chi connectivity index (χ1n) is 7.29. The number of benzene rings is 1. The zero-order chi connectivity index (χ0) is 16.4. The quantitative estimate of drug-likeness (QED) is 0.403. The Kier molecular flexibility index (Phi) is 4.63. The number of fused-ring (bicyclic) bond motifs is 1. The van der Waals surface area contributed by atoms with Crippen LogP contribution in [0.25, 0.3) is 10.2 Å². The number of hydrogen-bond acceptors (Lipinski definition) is 5. The summed E-state index contributed by atoms with van der Waals surface area (Å²) >= 11 is 2.93. The predicted octanol–water partition coefficient (Wildman–Crippen LogP) is 3.63. The van der Waals surface area contributed by atoms with E-state index < -0.39 is 0 Å². The topological polar surface area (TPSA) is 52.0 Å². The molecule has 0 aliphatic carbocycles. The third-order valence-electron chi connectivity index (χ3n) is 3.60. The summed E-state index contributed by atoms with van der Waals surface area (Å²) in [5.74, 6) is -0.0879. The van der Waals surface area contributed by atoms with E-state index in [-0.39, 0.29) is 17.9 Å². The fraction of sp³-hybridized carbons (Fsp3) is 0.235. The summed E-state index contributed by atoms with van der Waals surface area (Å²) in [5, 5.41) is 1.18. The lowest BCUT2D eigenvalue weighted by atomic mass is 10.1. The smallest absolute Gasteiger partial charge is 0.263 e. The Labute approximate surface area is 142 Å². The van der Waals surface area contributed by atoms with Gasteiger partial charge in [0.1, 0.15) is 4.83 Å². The monoisotopic (exact) mass is 344 g/mol. The Morgan fingerprint density at radius 1 is 1.30 bits per heavy atom. The van der Waals surface area contributed by atoms with E-state index in [4.69, 9.17) is 0 Å². The molecule has 23 heavy (non-hydrogen) atoms. The molecule has 0 spiro atoms. The SMILES string of the molecule is CCc1cc2c(=O)n(CC(=O)c3ccccc3)c(SC)nc2s1. The van der Waals surface area contributed by atoms with E-state index in [0.29, 0.717) is 16.1 Å². The summed E-state index contributed by atoms with van der Waals surface area (Å²) in [6, 6.07) is 10.9. The molecule has 1 aromatic carbocycles. The number of Topliss-reactive ketones (excluding diaryl/α,β-unsaturated/α-hetero) is 1. The van der Waals surface area contributed by atoms with Crippen molar-refractivity contribution in [3.05, 3.63) is 57.2 Å². The number of carbonyl (C=O) groups is 1. The highest BCUT2D eigenvalue weighted by molar-refractivity contribution is 7.98. The number of thiophene rings is 1. The van der Waals surface area contributed by atoms with E-state index >= 15 is 0 Å². The Morgan fingerprint density at radius 3 is 2.70 bits per heavy atom. The lowest BCUT2D eigenvalue weighted by Gasteiger charge is -2.09. The maximum Gasteiger partial charge on any atom is 0.263 e. The molecular formula is C17H16N2O2S2. The summed E-state index contributed by atoms with van der Waals surface area (Å²) in [4.78, 5) is 31.6. The number of thioether (sulfide) groups is 1. The Morgan fingerprint density at radius 2 is 2.04 bits per heavy atom. The van der Waals surface area contributed by atoms with Crippen molar-refractivity contribution in [2.45, 2.75) is 25.0 Å². The summed E-state index contributed by atoms with van der Waals surface area (Å²) in [6.45, 7) is 2.07. The number of carbonyl (C=O) groups excluding carboxylic acids is 1. The molecule has 0 unspecified atom stereocenters. The molecule has 0 atom stereocenters. The van der Waals surface area contributed by atoms with Gasteiger partial charge in [-0.05, 0) is 18.7 Å². The fourth-order valence-electron chi connectivity index (χ4n) is 2.38. The Bertz CT molecular complexity index is 913. The number of hydrogen-bond donors (Lipinski definition) is 0. The predicted molar refractivity (Wildman–Crippen MR) is 95.8 cm³/mol. The molecule has 6 heteroatoms. The molecule has 0 bridgehead atoms. The van der Waals surface area contributed by atoms with Crippen molar-refractivity contribution in [3.8, 4) is 0 Å². The van der Waals surface area contributed by atoms with Crippen LogP contribution in [0.1, 0.15) is 22.2 Å². The van der Waals surface area contributed by atoms with Crippen LogP contribution in [0.15, 0.2) is 46.3 Å². The number of aromatic nitrogens is 2. The number of nitrogens with zero attached hydrogens (tertiary/aromatic N) is 2.